The maximum absolute atomic E-state index is 12.2. The Morgan fingerprint density at radius 3 is 2.50 bits per heavy atom. The van der Waals surface area contributed by atoms with E-state index in [4.69, 9.17) is 5.73 Å². The highest BCUT2D eigenvalue weighted by Crippen LogP contribution is 2.25. The van der Waals surface area contributed by atoms with Crippen LogP contribution in [0, 0.1) is 0 Å². The van der Waals surface area contributed by atoms with Crippen LogP contribution in [0.25, 0.3) is 0 Å². The van der Waals surface area contributed by atoms with Gasteiger partial charge in [0.05, 0.1) is 0 Å². The first kappa shape index (κ1) is 14.7. The quantitative estimate of drug-likeness (QED) is 0.860. The molecule has 1 unspecified atom stereocenters. The second kappa shape index (κ2) is 6.01. The van der Waals surface area contributed by atoms with Crippen LogP contribution in [0.5, 0.6) is 0 Å². The van der Waals surface area contributed by atoms with Gasteiger partial charge in [-0.1, -0.05) is 45.9 Å². The van der Waals surface area contributed by atoms with Gasteiger partial charge in [0.2, 0.25) is 0 Å². The molecule has 3 nitrogen and oxygen atoms in total. The molecule has 0 radical (unpaired) electrons. The molecule has 100 valence electrons. The number of benzene rings is 1. The summed E-state index contributed by atoms with van der Waals surface area (Å²) in [5.41, 5.74) is 7.57. The number of carbonyl (C=O) groups excluding carboxylic acids is 1. The predicted octanol–water partition coefficient (Wildman–Crippen LogP) is 2.45. The van der Waals surface area contributed by atoms with Crippen LogP contribution in [0.2, 0.25) is 0 Å². The largest absolute Gasteiger partial charge is 0.350 e. The average molecular weight is 248 g/mol. The van der Waals surface area contributed by atoms with Crippen molar-refractivity contribution in [3.63, 3.8) is 0 Å². The molecule has 0 bridgehead atoms. The minimum absolute atomic E-state index is 0.0238. The standard InChI is InChI=1S/C15H24N2O/c1-5-11(16)10-17-14(18)12-8-6-7-9-13(12)15(2,3)4/h6-9,11H,5,10,16H2,1-4H3,(H,17,18). The van der Waals surface area contributed by atoms with Crippen LogP contribution in [0.3, 0.4) is 0 Å². The Hall–Kier alpha value is -1.35. The fraction of sp³-hybridized carbons (Fsp3) is 0.533. The van der Waals surface area contributed by atoms with Gasteiger partial charge in [0.15, 0.2) is 0 Å². The molecule has 3 heteroatoms. The van der Waals surface area contributed by atoms with E-state index < -0.39 is 0 Å². The van der Waals surface area contributed by atoms with Gasteiger partial charge < -0.3 is 11.1 Å². The summed E-state index contributed by atoms with van der Waals surface area (Å²) in [6.45, 7) is 8.86. The highest BCUT2D eigenvalue weighted by atomic mass is 16.1. The summed E-state index contributed by atoms with van der Waals surface area (Å²) >= 11 is 0. The molecule has 0 aromatic heterocycles. The van der Waals surface area contributed by atoms with Gasteiger partial charge in [0.1, 0.15) is 0 Å². The van der Waals surface area contributed by atoms with E-state index in [1.54, 1.807) is 0 Å². The van der Waals surface area contributed by atoms with E-state index in [-0.39, 0.29) is 17.4 Å². The first-order chi connectivity index (χ1) is 8.36. The van der Waals surface area contributed by atoms with E-state index in [9.17, 15) is 4.79 Å². The van der Waals surface area contributed by atoms with Crippen molar-refractivity contribution in [1.82, 2.24) is 5.32 Å². The molecule has 1 rings (SSSR count). The molecular weight excluding hydrogens is 224 g/mol. The molecule has 1 atom stereocenters. The number of nitrogens with two attached hydrogens (primary N) is 1. The summed E-state index contributed by atoms with van der Waals surface area (Å²) in [6.07, 6.45) is 0.862. The number of rotatable bonds is 4. The van der Waals surface area contributed by atoms with Gasteiger partial charge in [-0.2, -0.15) is 0 Å². The molecular formula is C15H24N2O. The Labute approximate surface area is 110 Å². The third-order valence-corrected chi connectivity index (χ3v) is 3.03. The Balaban J connectivity index is 2.86. The van der Waals surface area contributed by atoms with Gasteiger partial charge in [-0.25, -0.2) is 0 Å². The van der Waals surface area contributed by atoms with Gasteiger partial charge in [0.25, 0.3) is 5.91 Å². The lowest BCUT2D eigenvalue weighted by Crippen LogP contribution is -2.37. The minimum Gasteiger partial charge on any atom is -0.350 e. The molecule has 1 amide bonds. The Morgan fingerprint density at radius 1 is 1.33 bits per heavy atom. The molecule has 0 fully saturated rings. The zero-order chi connectivity index (χ0) is 13.8. The number of hydrogen-bond acceptors (Lipinski definition) is 2. The van der Waals surface area contributed by atoms with Gasteiger partial charge in [-0.15, -0.1) is 0 Å². The van der Waals surface area contributed by atoms with Crippen LogP contribution in [0.4, 0.5) is 0 Å². The lowest BCUT2D eigenvalue weighted by Gasteiger charge is -2.22. The Morgan fingerprint density at radius 2 is 1.94 bits per heavy atom. The lowest BCUT2D eigenvalue weighted by molar-refractivity contribution is 0.0949. The lowest BCUT2D eigenvalue weighted by atomic mass is 9.83. The minimum atomic E-state index is -0.0409. The first-order valence-electron chi connectivity index (χ1n) is 6.49. The SMILES string of the molecule is CCC(N)CNC(=O)c1ccccc1C(C)(C)C. The van der Waals surface area contributed by atoms with Crippen molar-refractivity contribution >= 4 is 5.91 Å². The maximum atomic E-state index is 12.2. The second-order valence-corrected chi connectivity index (χ2v) is 5.67. The summed E-state index contributed by atoms with van der Waals surface area (Å²) in [7, 11) is 0. The van der Waals surface area contributed by atoms with Gasteiger partial charge in [0, 0.05) is 18.2 Å². The van der Waals surface area contributed by atoms with Crippen molar-refractivity contribution in [3.05, 3.63) is 35.4 Å². The van der Waals surface area contributed by atoms with Crippen LogP contribution in [-0.4, -0.2) is 18.5 Å². The summed E-state index contributed by atoms with van der Waals surface area (Å²) in [5.74, 6) is -0.0376. The highest BCUT2D eigenvalue weighted by Gasteiger charge is 2.21. The summed E-state index contributed by atoms with van der Waals surface area (Å²) in [4.78, 5) is 12.2. The predicted molar refractivity (Wildman–Crippen MR) is 75.7 cm³/mol. The third-order valence-electron chi connectivity index (χ3n) is 3.03. The zero-order valence-electron chi connectivity index (χ0n) is 11.8. The molecule has 3 N–H and O–H groups in total. The van der Waals surface area contributed by atoms with Gasteiger partial charge in [-0.05, 0) is 23.5 Å². The van der Waals surface area contributed by atoms with Crippen LogP contribution >= 0.6 is 0 Å². The van der Waals surface area contributed by atoms with E-state index in [2.05, 4.69) is 26.1 Å². The summed E-state index contributed by atoms with van der Waals surface area (Å²) < 4.78 is 0. The molecule has 0 aliphatic rings. The topological polar surface area (TPSA) is 55.1 Å². The van der Waals surface area contributed by atoms with Crippen molar-refractivity contribution in [2.45, 2.75) is 45.6 Å². The number of amides is 1. The monoisotopic (exact) mass is 248 g/mol. The Kier molecular flexibility index (Phi) is 4.91. The third kappa shape index (κ3) is 3.84. The molecule has 0 aliphatic carbocycles. The van der Waals surface area contributed by atoms with Gasteiger partial charge >= 0.3 is 0 Å². The number of hydrogen-bond donors (Lipinski definition) is 2. The van der Waals surface area contributed by atoms with E-state index in [0.29, 0.717) is 6.54 Å². The zero-order valence-corrected chi connectivity index (χ0v) is 11.8. The second-order valence-electron chi connectivity index (χ2n) is 5.67. The Bertz CT molecular complexity index is 407. The van der Waals surface area contributed by atoms with E-state index in [0.717, 1.165) is 17.5 Å². The molecule has 1 aromatic carbocycles. The van der Waals surface area contributed by atoms with E-state index in [1.165, 1.54) is 0 Å². The van der Waals surface area contributed by atoms with Crippen molar-refractivity contribution in [2.24, 2.45) is 5.73 Å². The van der Waals surface area contributed by atoms with Crippen molar-refractivity contribution < 1.29 is 4.79 Å². The van der Waals surface area contributed by atoms with Gasteiger partial charge in [-0.3, -0.25) is 4.79 Å². The van der Waals surface area contributed by atoms with E-state index >= 15 is 0 Å². The van der Waals surface area contributed by atoms with Crippen LogP contribution < -0.4 is 11.1 Å². The molecule has 18 heavy (non-hydrogen) atoms. The van der Waals surface area contributed by atoms with Crippen molar-refractivity contribution in [3.8, 4) is 0 Å². The smallest absolute Gasteiger partial charge is 0.251 e. The van der Waals surface area contributed by atoms with Crippen LogP contribution in [-0.2, 0) is 5.41 Å². The number of nitrogens with one attached hydrogen (secondary N) is 1. The van der Waals surface area contributed by atoms with Crippen molar-refractivity contribution in [2.75, 3.05) is 6.54 Å². The normalized spacial score (nSPS) is 13.2. The average Bonchev–Trinajstić information content (AvgIpc) is 2.34. The maximum Gasteiger partial charge on any atom is 0.251 e. The first-order valence-corrected chi connectivity index (χ1v) is 6.49. The number of carbonyl (C=O) groups is 1. The molecule has 0 spiro atoms. The molecule has 0 saturated carbocycles. The fourth-order valence-electron chi connectivity index (χ4n) is 1.80. The van der Waals surface area contributed by atoms with Crippen LogP contribution in [0.1, 0.15) is 50.0 Å². The molecule has 1 aromatic rings. The summed E-state index contributed by atoms with van der Waals surface area (Å²) in [5, 5.41) is 2.90. The van der Waals surface area contributed by atoms with Crippen LogP contribution in [0.15, 0.2) is 24.3 Å². The fourth-order valence-corrected chi connectivity index (χ4v) is 1.80. The highest BCUT2D eigenvalue weighted by molar-refractivity contribution is 5.96. The molecule has 0 aliphatic heterocycles. The van der Waals surface area contributed by atoms with Crippen molar-refractivity contribution in [1.29, 1.82) is 0 Å². The summed E-state index contributed by atoms with van der Waals surface area (Å²) in [6, 6.07) is 7.76. The van der Waals surface area contributed by atoms with E-state index in [1.807, 2.05) is 31.2 Å². The molecule has 0 saturated heterocycles. The molecule has 0 heterocycles.